The maximum atomic E-state index is 11.8. The Labute approximate surface area is 111 Å². The predicted octanol–water partition coefficient (Wildman–Crippen LogP) is 1.91. The van der Waals surface area contributed by atoms with Crippen LogP contribution < -0.4 is 10.6 Å². The van der Waals surface area contributed by atoms with E-state index in [0.717, 1.165) is 11.3 Å². The largest absolute Gasteiger partial charge is 0.360 e. The number of hydrogen-bond donors (Lipinski definition) is 2. The predicted molar refractivity (Wildman–Crippen MR) is 69.8 cm³/mol. The third-order valence-electron chi connectivity index (χ3n) is 2.96. The lowest BCUT2D eigenvalue weighted by Crippen LogP contribution is -2.31. The van der Waals surface area contributed by atoms with Crippen LogP contribution in [0.2, 0.25) is 0 Å². The summed E-state index contributed by atoms with van der Waals surface area (Å²) in [7, 11) is 1.86. The fourth-order valence-electron chi connectivity index (χ4n) is 1.79. The standard InChI is InChI=1S/C12H17N5O2/c1-7-5-11(16-19-7)15-12(18)14-8(2)10-6-13-17(4)9(10)3/h5-6,8H,1-4H3,(H2,14,15,16,18)/t8-/m1/s1. The van der Waals surface area contributed by atoms with E-state index in [1.54, 1.807) is 23.9 Å². The molecule has 2 heterocycles. The van der Waals surface area contributed by atoms with Crippen molar-refractivity contribution in [2.24, 2.45) is 7.05 Å². The summed E-state index contributed by atoms with van der Waals surface area (Å²) in [6.07, 6.45) is 1.75. The molecule has 0 aliphatic carbocycles. The van der Waals surface area contributed by atoms with Gasteiger partial charge in [-0.1, -0.05) is 5.16 Å². The Hall–Kier alpha value is -2.31. The topological polar surface area (TPSA) is 85.0 Å². The van der Waals surface area contributed by atoms with Gasteiger partial charge >= 0.3 is 6.03 Å². The number of rotatable bonds is 3. The highest BCUT2D eigenvalue weighted by molar-refractivity contribution is 5.88. The van der Waals surface area contributed by atoms with Crippen LogP contribution in [-0.2, 0) is 7.05 Å². The Balaban J connectivity index is 1.97. The second-order valence-corrected chi connectivity index (χ2v) is 4.45. The Kier molecular flexibility index (Phi) is 3.55. The van der Waals surface area contributed by atoms with Crippen LogP contribution in [0.3, 0.4) is 0 Å². The number of amides is 2. The van der Waals surface area contributed by atoms with E-state index in [-0.39, 0.29) is 12.1 Å². The highest BCUT2D eigenvalue weighted by Gasteiger charge is 2.15. The van der Waals surface area contributed by atoms with Gasteiger partial charge in [-0.05, 0) is 20.8 Å². The van der Waals surface area contributed by atoms with Crippen LogP contribution in [-0.4, -0.2) is 21.0 Å². The number of aryl methyl sites for hydroxylation is 2. The smallest absolute Gasteiger partial charge is 0.320 e. The molecule has 0 spiro atoms. The van der Waals surface area contributed by atoms with Crippen molar-refractivity contribution in [1.29, 1.82) is 0 Å². The van der Waals surface area contributed by atoms with E-state index >= 15 is 0 Å². The molecule has 19 heavy (non-hydrogen) atoms. The molecule has 2 N–H and O–H groups in total. The van der Waals surface area contributed by atoms with Crippen LogP contribution in [0.4, 0.5) is 10.6 Å². The van der Waals surface area contributed by atoms with Gasteiger partial charge in [-0.15, -0.1) is 0 Å². The van der Waals surface area contributed by atoms with Gasteiger partial charge in [0.15, 0.2) is 5.82 Å². The molecule has 0 unspecified atom stereocenters. The first kappa shape index (κ1) is 13.1. The van der Waals surface area contributed by atoms with Crippen LogP contribution in [0.1, 0.15) is 30.0 Å². The molecule has 0 aliphatic rings. The average Bonchev–Trinajstić information content (AvgIpc) is 2.87. The summed E-state index contributed by atoms with van der Waals surface area (Å²) in [6, 6.07) is 1.19. The normalized spacial score (nSPS) is 12.2. The average molecular weight is 263 g/mol. The zero-order valence-electron chi connectivity index (χ0n) is 11.4. The first-order chi connectivity index (χ1) is 8.97. The number of carbonyl (C=O) groups excluding carboxylic acids is 1. The van der Waals surface area contributed by atoms with E-state index < -0.39 is 0 Å². The highest BCUT2D eigenvalue weighted by atomic mass is 16.5. The van der Waals surface area contributed by atoms with Crippen molar-refractivity contribution in [2.45, 2.75) is 26.8 Å². The number of nitrogens with zero attached hydrogens (tertiary/aromatic N) is 3. The molecule has 0 radical (unpaired) electrons. The van der Waals surface area contributed by atoms with E-state index in [0.29, 0.717) is 11.6 Å². The Morgan fingerprint density at radius 1 is 1.47 bits per heavy atom. The van der Waals surface area contributed by atoms with E-state index in [2.05, 4.69) is 20.9 Å². The van der Waals surface area contributed by atoms with Gasteiger partial charge in [0.05, 0.1) is 12.2 Å². The van der Waals surface area contributed by atoms with Gasteiger partial charge in [0.1, 0.15) is 5.76 Å². The van der Waals surface area contributed by atoms with Crippen LogP contribution in [0.5, 0.6) is 0 Å². The fourth-order valence-corrected chi connectivity index (χ4v) is 1.79. The van der Waals surface area contributed by atoms with Crippen LogP contribution in [0.25, 0.3) is 0 Å². The van der Waals surface area contributed by atoms with Gasteiger partial charge in [-0.3, -0.25) is 10.00 Å². The number of hydrogen-bond acceptors (Lipinski definition) is 4. The minimum absolute atomic E-state index is 0.137. The van der Waals surface area contributed by atoms with E-state index in [1.165, 1.54) is 0 Å². The Bertz CT molecular complexity index is 587. The van der Waals surface area contributed by atoms with Gasteiger partial charge in [0.25, 0.3) is 0 Å². The molecule has 0 saturated heterocycles. The first-order valence-electron chi connectivity index (χ1n) is 5.96. The zero-order valence-corrected chi connectivity index (χ0v) is 11.4. The molecular weight excluding hydrogens is 246 g/mol. The lowest BCUT2D eigenvalue weighted by molar-refractivity contribution is 0.249. The number of nitrogens with one attached hydrogen (secondary N) is 2. The van der Waals surface area contributed by atoms with Crippen molar-refractivity contribution in [2.75, 3.05) is 5.32 Å². The molecule has 2 aromatic rings. The molecule has 1 atom stereocenters. The van der Waals surface area contributed by atoms with Crippen molar-refractivity contribution < 1.29 is 9.32 Å². The first-order valence-corrected chi connectivity index (χ1v) is 5.96. The molecule has 7 nitrogen and oxygen atoms in total. The SMILES string of the molecule is Cc1cc(NC(=O)N[C@H](C)c2cnn(C)c2C)no1. The summed E-state index contributed by atoms with van der Waals surface area (Å²) in [4.78, 5) is 11.8. The molecule has 2 rings (SSSR count). The minimum atomic E-state index is -0.330. The molecule has 0 aromatic carbocycles. The van der Waals surface area contributed by atoms with Crippen molar-refractivity contribution >= 4 is 11.8 Å². The molecular formula is C12H17N5O2. The monoisotopic (exact) mass is 263 g/mol. The lowest BCUT2D eigenvalue weighted by Gasteiger charge is -2.13. The number of anilines is 1. The molecule has 0 aliphatic heterocycles. The molecule has 2 aromatic heterocycles. The van der Waals surface area contributed by atoms with E-state index in [1.807, 2.05) is 20.9 Å². The van der Waals surface area contributed by atoms with Crippen LogP contribution in [0, 0.1) is 13.8 Å². The van der Waals surface area contributed by atoms with Crippen molar-refractivity contribution in [3.05, 3.63) is 29.3 Å². The van der Waals surface area contributed by atoms with Gasteiger partial charge in [0.2, 0.25) is 0 Å². The van der Waals surface area contributed by atoms with Crippen molar-refractivity contribution in [1.82, 2.24) is 20.3 Å². The molecule has 0 saturated carbocycles. The van der Waals surface area contributed by atoms with Crippen molar-refractivity contribution in [3.8, 4) is 0 Å². The maximum Gasteiger partial charge on any atom is 0.320 e. The number of urea groups is 1. The molecule has 0 fully saturated rings. The summed E-state index contributed by atoms with van der Waals surface area (Å²) in [5.41, 5.74) is 2.00. The molecule has 102 valence electrons. The third-order valence-corrected chi connectivity index (χ3v) is 2.96. The highest BCUT2D eigenvalue weighted by Crippen LogP contribution is 2.16. The summed E-state index contributed by atoms with van der Waals surface area (Å²) >= 11 is 0. The minimum Gasteiger partial charge on any atom is -0.360 e. The second kappa shape index (κ2) is 5.13. The summed E-state index contributed by atoms with van der Waals surface area (Å²) < 4.78 is 6.64. The summed E-state index contributed by atoms with van der Waals surface area (Å²) in [5, 5.41) is 13.3. The Morgan fingerprint density at radius 2 is 2.21 bits per heavy atom. The lowest BCUT2D eigenvalue weighted by atomic mass is 10.1. The fraction of sp³-hybridized carbons (Fsp3) is 0.417. The number of aromatic nitrogens is 3. The van der Waals surface area contributed by atoms with Gasteiger partial charge in [-0.25, -0.2) is 4.79 Å². The Morgan fingerprint density at radius 3 is 2.74 bits per heavy atom. The van der Waals surface area contributed by atoms with Gasteiger partial charge < -0.3 is 9.84 Å². The van der Waals surface area contributed by atoms with Crippen LogP contribution in [0.15, 0.2) is 16.8 Å². The van der Waals surface area contributed by atoms with E-state index in [9.17, 15) is 4.79 Å². The summed E-state index contributed by atoms with van der Waals surface area (Å²) in [5.74, 6) is 1.04. The summed E-state index contributed by atoms with van der Waals surface area (Å²) in [6.45, 7) is 5.62. The van der Waals surface area contributed by atoms with Crippen molar-refractivity contribution in [3.63, 3.8) is 0 Å². The quantitative estimate of drug-likeness (QED) is 0.885. The second-order valence-electron chi connectivity index (χ2n) is 4.45. The molecule has 7 heteroatoms. The number of carbonyl (C=O) groups is 1. The van der Waals surface area contributed by atoms with E-state index in [4.69, 9.17) is 4.52 Å². The zero-order chi connectivity index (χ0) is 14.0. The van der Waals surface area contributed by atoms with Crippen LogP contribution >= 0.6 is 0 Å². The molecule has 0 bridgehead atoms. The maximum absolute atomic E-state index is 11.8. The van der Waals surface area contributed by atoms with Gasteiger partial charge in [-0.2, -0.15) is 5.10 Å². The van der Waals surface area contributed by atoms with Gasteiger partial charge in [0, 0.05) is 24.4 Å². The third kappa shape index (κ3) is 2.93. The molecule has 2 amide bonds.